The van der Waals surface area contributed by atoms with Crippen molar-refractivity contribution in [2.75, 3.05) is 6.61 Å². The van der Waals surface area contributed by atoms with Crippen LogP contribution in [0.2, 0.25) is 0 Å². The van der Waals surface area contributed by atoms with E-state index in [1.165, 1.54) is 11.1 Å². The Kier molecular flexibility index (Phi) is 2.96. The first-order chi connectivity index (χ1) is 8.72. The molecule has 0 saturated heterocycles. The van der Waals surface area contributed by atoms with Crippen molar-refractivity contribution in [2.45, 2.75) is 26.2 Å². The first-order valence-electron chi connectivity index (χ1n) is 6.34. The number of thiazole rings is 1. The lowest BCUT2D eigenvalue weighted by atomic mass is 10.0. The molecule has 1 saturated carbocycles. The van der Waals surface area contributed by atoms with E-state index in [0.717, 1.165) is 30.0 Å². The smallest absolute Gasteiger partial charge is 0.0939 e. The molecule has 1 aliphatic rings. The molecule has 1 N–H and O–H groups in total. The van der Waals surface area contributed by atoms with Crippen LogP contribution in [-0.2, 0) is 6.42 Å². The van der Waals surface area contributed by atoms with Gasteiger partial charge in [-0.15, -0.1) is 11.3 Å². The largest absolute Gasteiger partial charge is 0.396 e. The quantitative estimate of drug-likeness (QED) is 0.912. The molecule has 0 spiro atoms. The van der Waals surface area contributed by atoms with Crippen LogP contribution in [-0.4, -0.2) is 16.7 Å². The molecule has 0 aliphatic heterocycles. The van der Waals surface area contributed by atoms with Crippen LogP contribution in [0.15, 0.2) is 29.6 Å². The van der Waals surface area contributed by atoms with Gasteiger partial charge in [-0.2, -0.15) is 0 Å². The molecule has 1 heterocycles. The van der Waals surface area contributed by atoms with Crippen molar-refractivity contribution in [3.8, 4) is 11.3 Å². The molecule has 0 atom stereocenters. The maximum absolute atomic E-state index is 9.36. The number of hydrogen-bond acceptors (Lipinski definition) is 3. The fourth-order valence-electron chi connectivity index (χ4n) is 2.26. The Bertz CT molecular complexity index is 557. The number of aliphatic hydroxyl groups excluding tert-OH is 1. The van der Waals surface area contributed by atoms with E-state index < -0.39 is 0 Å². The van der Waals surface area contributed by atoms with Crippen LogP contribution >= 0.6 is 11.3 Å². The second-order valence-electron chi connectivity index (χ2n) is 5.28. The molecule has 2 aromatic rings. The molecular formula is C15H17NOS. The highest BCUT2D eigenvalue weighted by molar-refractivity contribution is 7.09. The molecule has 2 nitrogen and oxygen atoms in total. The second-order valence-corrected chi connectivity index (χ2v) is 6.22. The SMILES string of the molecule is Cc1ccccc1-c1csc(CC2(CO)CC2)n1. The molecule has 3 heteroatoms. The van der Waals surface area contributed by atoms with Crippen LogP contribution in [0, 0.1) is 12.3 Å². The Morgan fingerprint density at radius 3 is 2.78 bits per heavy atom. The molecule has 94 valence electrons. The molecule has 1 fully saturated rings. The Balaban J connectivity index is 1.84. The van der Waals surface area contributed by atoms with Gasteiger partial charge in [0.1, 0.15) is 0 Å². The van der Waals surface area contributed by atoms with Gasteiger partial charge in [-0.3, -0.25) is 0 Å². The van der Waals surface area contributed by atoms with Crippen LogP contribution in [0.5, 0.6) is 0 Å². The summed E-state index contributed by atoms with van der Waals surface area (Å²) >= 11 is 1.71. The van der Waals surface area contributed by atoms with Crippen LogP contribution in [0.4, 0.5) is 0 Å². The minimum atomic E-state index is 0.154. The third kappa shape index (κ3) is 2.20. The van der Waals surface area contributed by atoms with Gasteiger partial charge in [0, 0.05) is 24.0 Å². The van der Waals surface area contributed by atoms with Crippen molar-refractivity contribution in [3.63, 3.8) is 0 Å². The summed E-state index contributed by atoms with van der Waals surface area (Å²) < 4.78 is 0. The lowest BCUT2D eigenvalue weighted by molar-refractivity contribution is 0.211. The van der Waals surface area contributed by atoms with E-state index in [1.54, 1.807) is 11.3 Å². The highest BCUT2D eigenvalue weighted by Gasteiger charge is 2.42. The lowest BCUT2D eigenvalue weighted by Crippen LogP contribution is -2.09. The molecule has 0 radical (unpaired) electrons. The summed E-state index contributed by atoms with van der Waals surface area (Å²) in [5.74, 6) is 0. The summed E-state index contributed by atoms with van der Waals surface area (Å²) in [7, 11) is 0. The van der Waals surface area contributed by atoms with Gasteiger partial charge in [0.15, 0.2) is 0 Å². The van der Waals surface area contributed by atoms with Gasteiger partial charge < -0.3 is 5.11 Å². The number of aliphatic hydroxyl groups is 1. The molecule has 0 unspecified atom stereocenters. The normalized spacial score (nSPS) is 16.8. The number of aromatic nitrogens is 1. The molecule has 0 amide bonds. The van der Waals surface area contributed by atoms with E-state index in [-0.39, 0.29) is 5.41 Å². The average molecular weight is 259 g/mol. The Labute approximate surface area is 111 Å². The van der Waals surface area contributed by atoms with E-state index >= 15 is 0 Å². The predicted molar refractivity (Wildman–Crippen MR) is 74.7 cm³/mol. The van der Waals surface area contributed by atoms with Gasteiger partial charge >= 0.3 is 0 Å². The van der Waals surface area contributed by atoms with Crippen molar-refractivity contribution >= 4 is 11.3 Å². The molecule has 1 aromatic heterocycles. The topological polar surface area (TPSA) is 33.1 Å². The molecule has 0 bridgehead atoms. The van der Waals surface area contributed by atoms with Crippen molar-refractivity contribution in [3.05, 3.63) is 40.2 Å². The van der Waals surface area contributed by atoms with E-state index in [4.69, 9.17) is 4.98 Å². The van der Waals surface area contributed by atoms with Gasteiger partial charge in [0.2, 0.25) is 0 Å². The van der Waals surface area contributed by atoms with E-state index in [9.17, 15) is 5.11 Å². The third-order valence-electron chi connectivity index (χ3n) is 3.79. The molecule has 3 rings (SSSR count). The molecular weight excluding hydrogens is 242 g/mol. The lowest BCUT2D eigenvalue weighted by Gasteiger charge is -2.07. The van der Waals surface area contributed by atoms with Gasteiger partial charge in [0.25, 0.3) is 0 Å². The summed E-state index contributed by atoms with van der Waals surface area (Å²) in [4.78, 5) is 4.72. The molecule has 1 aromatic carbocycles. The minimum absolute atomic E-state index is 0.154. The Morgan fingerprint density at radius 1 is 1.33 bits per heavy atom. The van der Waals surface area contributed by atoms with E-state index in [0.29, 0.717) is 6.61 Å². The first kappa shape index (κ1) is 11.9. The fraction of sp³-hybridized carbons (Fsp3) is 0.400. The zero-order valence-electron chi connectivity index (χ0n) is 10.5. The van der Waals surface area contributed by atoms with Crippen LogP contribution in [0.3, 0.4) is 0 Å². The fourth-order valence-corrected chi connectivity index (χ4v) is 3.23. The van der Waals surface area contributed by atoms with Crippen LogP contribution < -0.4 is 0 Å². The van der Waals surface area contributed by atoms with E-state index in [1.807, 2.05) is 0 Å². The maximum Gasteiger partial charge on any atom is 0.0939 e. The maximum atomic E-state index is 9.36. The van der Waals surface area contributed by atoms with Crippen molar-refractivity contribution < 1.29 is 5.11 Å². The number of aryl methyl sites for hydroxylation is 1. The van der Waals surface area contributed by atoms with Gasteiger partial charge in [0.05, 0.1) is 10.7 Å². The number of nitrogens with zero attached hydrogens (tertiary/aromatic N) is 1. The van der Waals surface area contributed by atoms with Gasteiger partial charge in [-0.25, -0.2) is 4.98 Å². The van der Waals surface area contributed by atoms with Crippen LogP contribution in [0.1, 0.15) is 23.4 Å². The number of benzene rings is 1. The Morgan fingerprint density at radius 2 is 2.11 bits per heavy atom. The number of hydrogen-bond donors (Lipinski definition) is 1. The zero-order chi connectivity index (χ0) is 12.6. The van der Waals surface area contributed by atoms with Gasteiger partial charge in [-0.05, 0) is 30.7 Å². The summed E-state index contributed by atoms with van der Waals surface area (Å²) in [6.07, 6.45) is 3.21. The highest BCUT2D eigenvalue weighted by Crippen LogP contribution is 2.48. The average Bonchev–Trinajstić information content (AvgIpc) is 3.00. The highest BCUT2D eigenvalue weighted by atomic mass is 32.1. The van der Waals surface area contributed by atoms with Crippen molar-refractivity contribution in [1.82, 2.24) is 4.98 Å². The first-order valence-corrected chi connectivity index (χ1v) is 7.22. The van der Waals surface area contributed by atoms with E-state index in [2.05, 4.69) is 36.6 Å². The number of rotatable bonds is 4. The summed E-state index contributed by atoms with van der Waals surface area (Å²) in [5, 5.41) is 12.6. The molecule has 18 heavy (non-hydrogen) atoms. The van der Waals surface area contributed by atoms with Crippen molar-refractivity contribution in [2.24, 2.45) is 5.41 Å². The summed E-state index contributed by atoms with van der Waals surface area (Å²) in [6.45, 7) is 2.41. The van der Waals surface area contributed by atoms with Crippen LogP contribution in [0.25, 0.3) is 11.3 Å². The molecule has 1 aliphatic carbocycles. The zero-order valence-corrected chi connectivity index (χ0v) is 11.3. The third-order valence-corrected chi connectivity index (χ3v) is 4.64. The predicted octanol–water partition coefficient (Wildman–Crippen LogP) is 3.43. The van der Waals surface area contributed by atoms with Crippen molar-refractivity contribution in [1.29, 1.82) is 0 Å². The minimum Gasteiger partial charge on any atom is -0.396 e. The Hall–Kier alpha value is -1.19. The van der Waals surface area contributed by atoms with Gasteiger partial charge in [-0.1, -0.05) is 24.3 Å². The summed E-state index contributed by atoms with van der Waals surface area (Å²) in [6, 6.07) is 8.34. The second kappa shape index (κ2) is 4.48. The monoisotopic (exact) mass is 259 g/mol. The summed E-state index contributed by atoms with van der Waals surface area (Å²) in [5.41, 5.74) is 3.70. The standard InChI is InChI=1S/C15H17NOS/c1-11-4-2-3-5-12(11)13-9-18-14(16-13)8-15(10-17)6-7-15/h2-5,9,17H,6-8,10H2,1H3.